The average Bonchev–Trinajstić information content (AvgIpc) is 2.83. The van der Waals surface area contributed by atoms with E-state index in [0.29, 0.717) is 22.5 Å². The topological polar surface area (TPSA) is 109 Å². The second-order valence-corrected chi connectivity index (χ2v) is 7.80. The van der Waals surface area contributed by atoms with Gasteiger partial charge in [-0.2, -0.15) is 0 Å². The highest BCUT2D eigenvalue weighted by Gasteiger charge is 2.23. The van der Waals surface area contributed by atoms with Gasteiger partial charge in [-0.25, -0.2) is 9.78 Å². The van der Waals surface area contributed by atoms with Gasteiger partial charge in [-0.1, -0.05) is 54.1 Å². The molecule has 4 aromatic rings. The van der Waals surface area contributed by atoms with Crippen LogP contribution in [0.25, 0.3) is 10.8 Å². The quantitative estimate of drug-likeness (QED) is 0.400. The molecule has 4 N–H and O–H groups in total. The lowest BCUT2D eigenvalue weighted by Gasteiger charge is -2.27. The first-order valence-electron chi connectivity index (χ1n) is 10.5. The van der Waals surface area contributed by atoms with E-state index in [0.717, 1.165) is 16.5 Å². The zero-order chi connectivity index (χ0) is 23.4. The molecule has 7 nitrogen and oxygen atoms in total. The van der Waals surface area contributed by atoms with E-state index in [4.69, 9.17) is 5.73 Å². The molecule has 1 atom stereocenters. The number of carbonyl (C=O) groups excluding carboxylic acids is 1. The molecule has 7 heteroatoms. The van der Waals surface area contributed by atoms with Crippen LogP contribution in [0.5, 0.6) is 0 Å². The highest BCUT2D eigenvalue weighted by molar-refractivity contribution is 6.01. The number of nitrogens with one attached hydrogen (secondary N) is 1. The number of carboxylic acid groups (broad SMARTS) is 1. The van der Waals surface area contributed by atoms with Gasteiger partial charge in [-0.05, 0) is 48.2 Å². The Balaban J connectivity index is 1.65. The Kier molecular flexibility index (Phi) is 6.22. The van der Waals surface area contributed by atoms with Gasteiger partial charge in [-0.3, -0.25) is 9.69 Å². The Bertz CT molecular complexity index is 1290. The number of pyridine rings is 1. The summed E-state index contributed by atoms with van der Waals surface area (Å²) < 4.78 is 0. The first kappa shape index (κ1) is 21.8. The van der Waals surface area contributed by atoms with Crippen molar-refractivity contribution in [2.75, 3.05) is 17.2 Å². The number of nitrogens with two attached hydrogens (primary N) is 1. The third-order valence-corrected chi connectivity index (χ3v) is 5.51. The van der Waals surface area contributed by atoms with Crippen LogP contribution in [-0.4, -0.2) is 28.6 Å². The van der Waals surface area contributed by atoms with Gasteiger partial charge < -0.3 is 16.2 Å². The van der Waals surface area contributed by atoms with Crippen LogP contribution in [-0.2, 0) is 0 Å². The second-order valence-electron chi connectivity index (χ2n) is 7.80. The predicted molar refractivity (Wildman–Crippen MR) is 129 cm³/mol. The fourth-order valence-electron chi connectivity index (χ4n) is 3.69. The number of rotatable bonds is 6. The number of hydrogen-bond donors (Lipinski definition) is 3. The Hall–Kier alpha value is -4.39. The Morgan fingerprint density at radius 3 is 2.45 bits per heavy atom. The smallest absolute Gasteiger partial charge is 0.411 e. The normalized spacial score (nSPS) is 11.7. The highest BCUT2D eigenvalue weighted by Crippen LogP contribution is 2.23. The van der Waals surface area contributed by atoms with Gasteiger partial charge >= 0.3 is 6.09 Å². The van der Waals surface area contributed by atoms with Crippen molar-refractivity contribution in [3.63, 3.8) is 0 Å². The zero-order valence-corrected chi connectivity index (χ0v) is 18.1. The summed E-state index contributed by atoms with van der Waals surface area (Å²) in [7, 11) is 0. The molecule has 0 saturated carbocycles. The first-order valence-corrected chi connectivity index (χ1v) is 10.5. The number of anilines is 2. The Labute approximate surface area is 191 Å². The van der Waals surface area contributed by atoms with E-state index in [2.05, 4.69) is 10.3 Å². The van der Waals surface area contributed by atoms with E-state index in [1.54, 1.807) is 30.5 Å². The minimum atomic E-state index is -1.10. The second kappa shape index (κ2) is 9.40. The summed E-state index contributed by atoms with van der Waals surface area (Å²) in [5.74, 6) is 0.0152. The number of benzene rings is 3. The molecule has 0 spiro atoms. The van der Waals surface area contributed by atoms with Crippen molar-refractivity contribution in [2.24, 2.45) is 0 Å². The summed E-state index contributed by atoms with van der Waals surface area (Å²) in [4.78, 5) is 30.6. The van der Waals surface area contributed by atoms with Crippen molar-refractivity contribution in [1.29, 1.82) is 0 Å². The largest absolute Gasteiger partial charge is 0.465 e. The summed E-state index contributed by atoms with van der Waals surface area (Å²) in [6.07, 6.45) is 0.521. The number of aryl methyl sites for hydroxylation is 1. The van der Waals surface area contributed by atoms with E-state index in [1.165, 1.54) is 4.90 Å². The van der Waals surface area contributed by atoms with Gasteiger partial charge in [0.25, 0.3) is 5.91 Å². The third kappa shape index (κ3) is 4.93. The van der Waals surface area contributed by atoms with Gasteiger partial charge in [0.1, 0.15) is 5.82 Å². The maximum absolute atomic E-state index is 13.2. The van der Waals surface area contributed by atoms with Gasteiger partial charge in [0, 0.05) is 22.8 Å². The molecule has 0 aliphatic rings. The molecule has 3 aromatic carbocycles. The molecule has 0 aliphatic heterocycles. The summed E-state index contributed by atoms with van der Waals surface area (Å²) in [5, 5.41) is 14.5. The van der Waals surface area contributed by atoms with Crippen LogP contribution in [0.3, 0.4) is 0 Å². The predicted octanol–water partition coefficient (Wildman–Crippen LogP) is 4.78. The Morgan fingerprint density at radius 1 is 1.03 bits per heavy atom. The number of fused-ring (bicyclic) bond motifs is 1. The summed E-state index contributed by atoms with van der Waals surface area (Å²) in [6, 6.07) is 23.0. The van der Waals surface area contributed by atoms with E-state index >= 15 is 0 Å². The van der Waals surface area contributed by atoms with Crippen LogP contribution in [0.4, 0.5) is 16.3 Å². The van der Waals surface area contributed by atoms with Crippen molar-refractivity contribution in [3.05, 3.63) is 102 Å². The van der Waals surface area contributed by atoms with Crippen molar-refractivity contribution < 1.29 is 14.7 Å². The number of nitrogen functional groups attached to an aromatic ring is 1. The summed E-state index contributed by atoms with van der Waals surface area (Å²) in [5.41, 5.74) is 8.76. The Morgan fingerprint density at radius 2 is 1.76 bits per heavy atom. The molecule has 0 radical (unpaired) electrons. The zero-order valence-electron chi connectivity index (χ0n) is 18.1. The molecule has 1 unspecified atom stereocenters. The van der Waals surface area contributed by atoms with E-state index < -0.39 is 12.1 Å². The number of aromatic nitrogens is 1. The van der Waals surface area contributed by atoms with Crippen LogP contribution in [0.15, 0.2) is 85.1 Å². The summed E-state index contributed by atoms with van der Waals surface area (Å²) >= 11 is 0. The lowest BCUT2D eigenvalue weighted by Crippen LogP contribution is -2.40. The maximum Gasteiger partial charge on any atom is 0.411 e. The molecule has 2 amide bonds. The molecule has 4 rings (SSSR count). The van der Waals surface area contributed by atoms with Gasteiger partial charge in [0.2, 0.25) is 0 Å². The SMILES string of the molecule is Cc1ccc(N(CC(NC(=O)c2ccc3ccnc(N)c3c2)c2ccccc2)C(=O)O)cc1. The number of amides is 2. The lowest BCUT2D eigenvalue weighted by atomic mass is 10.0. The van der Waals surface area contributed by atoms with Crippen LogP contribution >= 0.6 is 0 Å². The van der Waals surface area contributed by atoms with E-state index in [1.807, 2.05) is 61.5 Å². The average molecular weight is 441 g/mol. The molecular weight excluding hydrogens is 416 g/mol. The molecule has 0 aliphatic carbocycles. The van der Waals surface area contributed by atoms with E-state index in [9.17, 15) is 14.7 Å². The van der Waals surface area contributed by atoms with Gasteiger partial charge in [0.05, 0.1) is 12.6 Å². The first-order chi connectivity index (χ1) is 15.9. The molecule has 1 heterocycles. The highest BCUT2D eigenvalue weighted by atomic mass is 16.4. The monoisotopic (exact) mass is 440 g/mol. The molecule has 33 heavy (non-hydrogen) atoms. The van der Waals surface area contributed by atoms with Crippen LogP contribution in [0.1, 0.15) is 27.5 Å². The van der Waals surface area contributed by atoms with Gasteiger partial charge in [-0.15, -0.1) is 0 Å². The lowest BCUT2D eigenvalue weighted by molar-refractivity contribution is 0.0937. The standard InChI is InChI=1S/C26H24N4O3/c1-17-7-11-21(12-8-17)30(26(32)33)16-23(19-5-3-2-4-6-19)29-25(31)20-10-9-18-13-14-28-24(27)22(18)15-20/h2-15,23H,16H2,1H3,(H2,27,28)(H,29,31)(H,32,33). The van der Waals surface area contributed by atoms with Crippen molar-refractivity contribution in [3.8, 4) is 0 Å². The minimum absolute atomic E-state index is 0.0470. The number of nitrogens with zero attached hydrogens (tertiary/aromatic N) is 2. The van der Waals surface area contributed by atoms with Crippen molar-refractivity contribution in [1.82, 2.24) is 10.3 Å². The molecule has 1 aromatic heterocycles. The number of carbonyl (C=O) groups is 2. The fraction of sp³-hybridized carbons (Fsp3) is 0.115. The number of hydrogen-bond acceptors (Lipinski definition) is 4. The van der Waals surface area contributed by atoms with Crippen LogP contribution in [0, 0.1) is 6.92 Å². The molecule has 0 fully saturated rings. The summed E-state index contributed by atoms with van der Waals surface area (Å²) in [6.45, 7) is 1.99. The fourth-order valence-corrected chi connectivity index (χ4v) is 3.69. The van der Waals surface area contributed by atoms with E-state index in [-0.39, 0.29) is 12.5 Å². The molecule has 166 valence electrons. The van der Waals surface area contributed by atoms with Crippen LogP contribution < -0.4 is 16.0 Å². The molecule has 0 bridgehead atoms. The molecular formula is C26H24N4O3. The third-order valence-electron chi connectivity index (χ3n) is 5.51. The van der Waals surface area contributed by atoms with Gasteiger partial charge in [0.15, 0.2) is 0 Å². The van der Waals surface area contributed by atoms with Crippen LogP contribution in [0.2, 0.25) is 0 Å². The minimum Gasteiger partial charge on any atom is -0.465 e. The molecule has 0 saturated heterocycles. The van der Waals surface area contributed by atoms with Crippen molar-refractivity contribution in [2.45, 2.75) is 13.0 Å². The maximum atomic E-state index is 13.2. The van der Waals surface area contributed by atoms with Crippen molar-refractivity contribution >= 4 is 34.3 Å².